The number of methoxy groups -OCH3 is 1. The normalized spacial score (nSPS) is 13.9. The van der Waals surface area contributed by atoms with E-state index in [1.807, 2.05) is 18.2 Å². The number of rotatable bonds is 1. The topological polar surface area (TPSA) is 9.23 Å². The van der Waals surface area contributed by atoms with Gasteiger partial charge in [0.05, 0.1) is 7.11 Å². The Kier molecular flexibility index (Phi) is 2.00. The molecule has 2 rings (SSSR count). The molecule has 0 amide bonds. The SMILES string of the molecule is COc1ccc2c(c1)C(Br)=C2Br. The van der Waals surface area contributed by atoms with Crippen molar-refractivity contribution < 1.29 is 4.74 Å². The van der Waals surface area contributed by atoms with E-state index < -0.39 is 0 Å². The van der Waals surface area contributed by atoms with Crippen LogP contribution in [0.25, 0.3) is 8.96 Å². The van der Waals surface area contributed by atoms with Gasteiger partial charge in [0.1, 0.15) is 5.75 Å². The van der Waals surface area contributed by atoms with E-state index in [1.54, 1.807) is 7.11 Å². The van der Waals surface area contributed by atoms with Crippen molar-refractivity contribution in [2.75, 3.05) is 7.11 Å². The smallest absolute Gasteiger partial charge is 0.119 e. The molecule has 0 atom stereocenters. The van der Waals surface area contributed by atoms with E-state index >= 15 is 0 Å². The van der Waals surface area contributed by atoms with Crippen molar-refractivity contribution in [2.45, 2.75) is 0 Å². The molecule has 0 heterocycles. The van der Waals surface area contributed by atoms with Crippen molar-refractivity contribution in [1.82, 2.24) is 0 Å². The first-order valence-electron chi connectivity index (χ1n) is 3.48. The van der Waals surface area contributed by atoms with Crippen LogP contribution in [0.5, 0.6) is 5.75 Å². The molecule has 1 aromatic rings. The summed E-state index contributed by atoms with van der Waals surface area (Å²) in [5, 5.41) is 0. The zero-order valence-electron chi connectivity index (χ0n) is 6.40. The maximum absolute atomic E-state index is 5.11. The summed E-state index contributed by atoms with van der Waals surface area (Å²) in [6.07, 6.45) is 0. The van der Waals surface area contributed by atoms with Gasteiger partial charge in [0.15, 0.2) is 0 Å². The third kappa shape index (κ3) is 1.04. The van der Waals surface area contributed by atoms with Crippen molar-refractivity contribution in [3.63, 3.8) is 0 Å². The van der Waals surface area contributed by atoms with E-state index in [4.69, 9.17) is 4.74 Å². The molecule has 0 aromatic heterocycles. The van der Waals surface area contributed by atoms with Crippen LogP contribution in [0.15, 0.2) is 18.2 Å². The molecule has 1 aliphatic rings. The molecular formula is C9H6Br2O. The van der Waals surface area contributed by atoms with Crippen LogP contribution < -0.4 is 4.74 Å². The fourth-order valence-electron chi connectivity index (χ4n) is 1.20. The van der Waals surface area contributed by atoms with Crippen LogP contribution in [0.3, 0.4) is 0 Å². The van der Waals surface area contributed by atoms with Crippen LogP contribution in [0, 0.1) is 0 Å². The molecule has 0 spiro atoms. The number of fused-ring (bicyclic) bond motifs is 1. The number of hydrogen-bond acceptors (Lipinski definition) is 1. The number of ether oxygens (including phenoxy) is 1. The van der Waals surface area contributed by atoms with Gasteiger partial charge in [0.25, 0.3) is 0 Å². The lowest BCUT2D eigenvalue weighted by molar-refractivity contribution is 0.414. The molecule has 1 aromatic carbocycles. The summed E-state index contributed by atoms with van der Waals surface area (Å²) in [5.74, 6) is 0.894. The van der Waals surface area contributed by atoms with Crippen LogP contribution >= 0.6 is 31.9 Å². The zero-order valence-corrected chi connectivity index (χ0v) is 9.57. The fourth-order valence-corrected chi connectivity index (χ4v) is 2.30. The molecule has 0 aliphatic heterocycles. The summed E-state index contributed by atoms with van der Waals surface area (Å²) in [7, 11) is 1.67. The molecular weight excluding hydrogens is 284 g/mol. The van der Waals surface area contributed by atoms with E-state index in [0.717, 1.165) is 14.7 Å². The Morgan fingerprint density at radius 3 is 2.42 bits per heavy atom. The van der Waals surface area contributed by atoms with Gasteiger partial charge in [-0.25, -0.2) is 0 Å². The van der Waals surface area contributed by atoms with Gasteiger partial charge in [-0.05, 0) is 55.6 Å². The Morgan fingerprint density at radius 2 is 1.75 bits per heavy atom. The Labute approximate surface area is 87.7 Å². The molecule has 12 heavy (non-hydrogen) atoms. The first-order valence-corrected chi connectivity index (χ1v) is 5.06. The van der Waals surface area contributed by atoms with Gasteiger partial charge in [0, 0.05) is 14.5 Å². The van der Waals surface area contributed by atoms with E-state index in [0.29, 0.717) is 0 Å². The predicted molar refractivity (Wildman–Crippen MR) is 57.7 cm³/mol. The third-order valence-corrected chi connectivity index (χ3v) is 4.07. The number of benzene rings is 1. The van der Waals surface area contributed by atoms with Gasteiger partial charge in [-0.3, -0.25) is 0 Å². The zero-order chi connectivity index (χ0) is 8.72. The molecule has 0 N–H and O–H groups in total. The molecule has 1 aliphatic carbocycles. The average Bonchev–Trinajstić information content (AvgIpc) is 2.15. The third-order valence-electron chi connectivity index (χ3n) is 1.89. The minimum atomic E-state index is 0.894. The Balaban J connectivity index is 2.49. The lowest BCUT2D eigenvalue weighted by Gasteiger charge is -2.20. The van der Waals surface area contributed by atoms with E-state index in [2.05, 4.69) is 31.9 Å². The van der Waals surface area contributed by atoms with Crippen LogP contribution in [0.2, 0.25) is 0 Å². The summed E-state index contributed by atoms with van der Waals surface area (Å²) in [5.41, 5.74) is 2.45. The predicted octanol–water partition coefficient (Wildman–Crippen LogP) is 3.62. The Bertz CT molecular complexity index is 369. The highest BCUT2D eigenvalue weighted by Gasteiger charge is 2.21. The van der Waals surface area contributed by atoms with Crippen molar-refractivity contribution in [3.8, 4) is 5.75 Å². The minimum absolute atomic E-state index is 0.894. The first kappa shape index (κ1) is 8.32. The van der Waals surface area contributed by atoms with Gasteiger partial charge >= 0.3 is 0 Å². The lowest BCUT2D eigenvalue weighted by Crippen LogP contribution is -1.98. The van der Waals surface area contributed by atoms with Crippen molar-refractivity contribution in [2.24, 2.45) is 0 Å². The number of halogens is 2. The molecule has 0 unspecified atom stereocenters. The standard InChI is InChI=1S/C9H6Br2O/c1-12-5-2-3-6-7(4-5)9(11)8(6)10/h2-4H,1H3. The second-order valence-electron chi connectivity index (χ2n) is 2.54. The second-order valence-corrected chi connectivity index (χ2v) is 4.13. The Hall–Kier alpha value is -0.280. The van der Waals surface area contributed by atoms with Crippen molar-refractivity contribution in [1.29, 1.82) is 0 Å². The van der Waals surface area contributed by atoms with E-state index in [1.165, 1.54) is 11.1 Å². The van der Waals surface area contributed by atoms with Crippen molar-refractivity contribution in [3.05, 3.63) is 29.3 Å². The minimum Gasteiger partial charge on any atom is -0.497 e. The molecule has 62 valence electrons. The maximum Gasteiger partial charge on any atom is 0.119 e. The summed E-state index contributed by atoms with van der Waals surface area (Å²) in [4.78, 5) is 0. The van der Waals surface area contributed by atoms with Gasteiger partial charge in [0.2, 0.25) is 0 Å². The maximum atomic E-state index is 5.11. The van der Waals surface area contributed by atoms with E-state index in [-0.39, 0.29) is 0 Å². The Morgan fingerprint density at radius 1 is 1.08 bits per heavy atom. The van der Waals surface area contributed by atoms with Gasteiger partial charge in [-0.1, -0.05) is 0 Å². The molecule has 0 fully saturated rings. The van der Waals surface area contributed by atoms with Gasteiger partial charge < -0.3 is 4.74 Å². The molecule has 0 radical (unpaired) electrons. The van der Waals surface area contributed by atoms with Crippen LogP contribution in [-0.2, 0) is 0 Å². The van der Waals surface area contributed by atoms with E-state index in [9.17, 15) is 0 Å². The highest BCUT2D eigenvalue weighted by atomic mass is 79.9. The summed E-state index contributed by atoms with van der Waals surface area (Å²) in [6.45, 7) is 0. The quantitative estimate of drug-likeness (QED) is 0.767. The first-order chi connectivity index (χ1) is 5.74. The largest absolute Gasteiger partial charge is 0.497 e. The second kappa shape index (κ2) is 2.89. The highest BCUT2D eigenvalue weighted by molar-refractivity contribution is 9.18. The van der Waals surface area contributed by atoms with Crippen LogP contribution in [0.1, 0.15) is 11.1 Å². The van der Waals surface area contributed by atoms with Gasteiger partial charge in [-0.15, -0.1) is 0 Å². The highest BCUT2D eigenvalue weighted by Crippen LogP contribution is 2.48. The summed E-state index contributed by atoms with van der Waals surface area (Å²) >= 11 is 6.93. The summed E-state index contributed by atoms with van der Waals surface area (Å²) in [6, 6.07) is 6.02. The molecule has 0 saturated heterocycles. The molecule has 0 saturated carbocycles. The number of hydrogen-bond donors (Lipinski definition) is 0. The monoisotopic (exact) mass is 288 g/mol. The molecule has 3 heteroatoms. The van der Waals surface area contributed by atoms with Crippen molar-refractivity contribution >= 4 is 40.8 Å². The lowest BCUT2D eigenvalue weighted by atomic mass is 9.97. The molecule has 1 nitrogen and oxygen atoms in total. The average molecular weight is 290 g/mol. The van der Waals surface area contributed by atoms with Gasteiger partial charge in [-0.2, -0.15) is 0 Å². The fraction of sp³-hybridized carbons (Fsp3) is 0.111. The molecule has 0 bridgehead atoms. The van der Waals surface area contributed by atoms with Crippen LogP contribution in [0.4, 0.5) is 0 Å². The van der Waals surface area contributed by atoms with Crippen LogP contribution in [-0.4, -0.2) is 7.11 Å². The summed E-state index contributed by atoms with van der Waals surface area (Å²) < 4.78 is 7.37.